The summed E-state index contributed by atoms with van der Waals surface area (Å²) in [5.74, 6) is -0.283. The Morgan fingerprint density at radius 3 is 2.30 bits per heavy atom. The average molecular weight is 346 g/mol. The zero-order chi connectivity index (χ0) is 16.4. The number of benzene rings is 1. The highest BCUT2D eigenvalue weighted by molar-refractivity contribution is 6.40. The number of rotatable bonds is 11. The van der Waals surface area contributed by atoms with Gasteiger partial charge in [-0.3, -0.25) is 4.79 Å². The van der Waals surface area contributed by atoms with Gasteiger partial charge in [0.15, 0.2) is 0 Å². The Morgan fingerprint density at radius 2 is 1.74 bits per heavy atom. The van der Waals surface area contributed by atoms with Gasteiger partial charge >= 0.3 is 13.1 Å². The molecule has 0 amide bonds. The summed E-state index contributed by atoms with van der Waals surface area (Å²) in [7, 11) is -1.35. The Labute approximate surface area is 143 Å². The number of halogens is 1. The minimum atomic E-state index is -1.35. The van der Waals surface area contributed by atoms with E-state index >= 15 is 0 Å². The maximum Gasteiger partial charge on any atom is 0.451 e. The minimum Gasteiger partial charge on any atom is -0.494 e. The van der Waals surface area contributed by atoms with E-state index in [1.807, 2.05) is 30.3 Å². The van der Waals surface area contributed by atoms with Crippen LogP contribution in [0.15, 0.2) is 30.3 Å². The number of nitrogens with two attached hydrogens (primary N) is 1. The van der Waals surface area contributed by atoms with Crippen molar-refractivity contribution in [3.63, 3.8) is 0 Å². The van der Waals surface area contributed by atoms with E-state index in [1.54, 1.807) is 0 Å². The highest BCUT2D eigenvalue weighted by Crippen LogP contribution is 2.20. The first-order valence-corrected chi connectivity index (χ1v) is 7.50. The molecule has 1 atom stereocenters. The molecule has 23 heavy (non-hydrogen) atoms. The first-order chi connectivity index (χ1) is 10.4. The Morgan fingerprint density at radius 1 is 1.13 bits per heavy atom. The highest BCUT2D eigenvalue weighted by Gasteiger charge is 2.32. The Balaban J connectivity index is 0.00000484. The van der Waals surface area contributed by atoms with Gasteiger partial charge < -0.3 is 25.6 Å². The zero-order valence-corrected chi connectivity index (χ0v) is 13.9. The van der Waals surface area contributed by atoms with Gasteiger partial charge in [0.1, 0.15) is 11.3 Å². The molecule has 1 aromatic rings. The fourth-order valence-corrected chi connectivity index (χ4v) is 2.20. The van der Waals surface area contributed by atoms with Crippen LogP contribution < -0.4 is 10.5 Å². The second-order valence-corrected chi connectivity index (χ2v) is 5.45. The molecule has 130 valence electrons. The van der Waals surface area contributed by atoms with E-state index in [0.29, 0.717) is 38.7 Å². The van der Waals surface area contributed by atoms with E-state index in [-0.39, 0.29) is 18.7 Å². The number of unbranched alkanes of at least 4 members (excludes halogenated alkanes) is 1. The normalized spacial score (nSPS) is 12.8. The maximum atomic E-state index is 11.3. The molecule has 5 N–H and O–H groups in total. The third kappa shape index (κ3) is 8.81. The van der Waals surface area contributed by atoms with Gasteiger partial charge in [-0.25, -0.2) is 0 Å². The number of carbonyl (C=O) groups is 1. The smallest absolute Gasteiger partial charge is 0.451 e. The predicted octanol–water partition coefficient (Wildman–Crippen LogP) is 1.69. The third-order valence-corrected chi connectivity index (χ3v) is 3.54. The summed E-state index contributed by atoms with van der Waals surface area (Å²) in [5, 5.41) is 26.8. The van der Waals surface area contributed by atoms with Crippen LogP contribution in [0.5, 0.6) is 5.75 Å². The quantitative estimate of drug-likeness (QED) is 0.358. The van der Waals surface area contributed by atoms with Crippen molar-refractivity contribution in [1.82, 2.24) is 0 Å². The number of aliphatic carboxylic acids is 1. The van der Waals surface area contributed by atoms with Gasteiger partial charge in [-0.05, 0) is 37.7 Å². The average Bonchev–Trinajstić information content (AvgIpc) is 2.49. The van der Waals surface area contributed by atoms with Gasteiger partial charge in [0.2, 0.25) is 0 Å². The molecule has 0 saturated heterocycles. The summed E-state index contributed by atoms with van der Waals surface area (Å²) in [6, 6.07) is 9.32. The summed E-state index contributed by atoms with van der Waals surface area (Å²) in [5.41, 5.74) is 4.67. The lowest BCUT2D eigenvalue weighted by molar-refractivity contribution is -0.144. The van der Waals surface area contributed by atoms with Crippen molar-refractivity contribution in [1.29, 1.82) is 0 Å². The van der Waals surface area contributed by atoms with Gasteiger partial charge in [0.25, 0.3) is 0 Å². The summed E-state index contributed by atoms with van der Waals surface area (Å²) >= 11 is 0. The summed E-state index contributed by atoms with van der Waals surface area (Å²) in [6.07, 6.45) is 2.47. The molecular weight excluding hydrogens is 320 g/mol. The largest absolute Gasteiger partial charge is 0.494 e. The van der Waals surface area contributed by atoms with Crippen molar-refractivity contribution >= 4 is 25.5 Å². The molecule has 6 nitrogen and oxygen atoms in total. The van der Waals surface area contributed by atoms with Crippen LogP contribution in [0.25, 0.3) is 0 Å². The molecule has 8 heteroatoms. The molecular formula is C15H25BClNO5. The molecule has 0 fully saturated rings. The van der Waals surface area contributed by atoms with Crippen LogP contribution in [-0.4, -0.2) is 40.4 Å². The van der Waals surface area contributed by atoms with Crippen molar-refractivity contribution in [2.45, 2.75) is 44.0 Å². The lowest BCUT2D eigenvalue weighted by atomic mass is 9.81. The number of para-hydroxylation sites is 1. The van der Waals surface area contributed by atoms with Crippen molar-refractivity contribution in [3.8, 4) is 5.75 Å². The predicted molar refractivity (Wildman–Crippen MR) is 91.8 cm³/mol. The molecule has 0 unspecified atom stereocenters. The zero-order valence-electron chi connectivity index (χ0n) is 13.1. The molecule has 0 spiro atoms. The van der Waals surface area contributed by atoms with Crippen LogP contribution in [-0.2, 0) is 4.79 Å². The van der Waals surface area contributed by atoms with Crippen LogP contribution in [0.2, 0.25) is 6.32 Å². The summed E-state index contributed by atoms with van der Waals surface area (Å²) in [4.78, 5) is 11.3. The van der Waals surface area contributed by atoms with E-state index in [0.717, 1.165) is 5.75 Å². The van der Waals surface area contributed by atoms with Crippen LogP contribution >= 0.6 is 12.4 Å². The third-order valence-electron chi connectivity index (χ3n) is 3.54. The number of hydrogen-bond acceptors (Lipinski definition) is 5. The molecule has 0 aromatic heterocycles. The number of hydrogen-bond donors (Lipinski definition) is 4. The molecule has 0 aliphatic heterocycles. The Bertz CT molecular complexity index is 449. The molecule has 0 aliphatic rings. The Hall–Kier alpha value is -1.28. The fourth-order valence-electron chi connectivity index (χ4n) is 2.20. The van der Waals surface area contributed by atoms with E-state index in [4.69, 9.17) is 20.5 Å². The molecule has 1 rings (SSSR count). The minimum absolute atomic E-state index is 0. The molecule has 0 saturated carbocycles. The molecule has 0 heterocycles. The molecule has 0 radical (unpaired) electrons. The Kier molecular flexibility index (Phi) is 10.7. The number of carboxylic acid groups (broad SMARTS) is 1. The van der Waals surface area contributed by atoms with E-state index in [2.05, 4.69) is 0 Å². The standard InChI is InChI=1S/C15H24BNO5.ClH/c17-15(14(18)19,9-4-5-11-16(20)21)10-6-12-22-13-7-2-1-3-8-13;/h1-3,7-8,20-21H,4-6,9-12,17H2,(H,18,19);1H/t15-;/m1./s1. The van der Waals surface area contributed by atoms with E-state index < -0.39 is 18.6 Å². The molecule has 1 aromatic carbocycles. The first-order valence-electron chi connectivity index (χ1n) is 7.50. The maximum absolute atomic E-state index is 11.3. The van der Waals surface area contributed by atoms with Crippen LogP contribution in [0.1, 0.15) is 32.1 Å². The summed E-state index contributed by atoms with van der Waals surface area (Å²) < 4.78 is 5.52. The SMILES string of the molecule is Cl.N[C@](CCCCB(O)O)(CCCOc1ccccc1)C(=O)O. The first kappa shape index (κ1) is 21.7. The molecule has 0 bridgehead atoms. The van der Waals surface area contributed by atoms with E-state index in [9.17, 15) is 9.90 Å². The van der Waals surface area contributed by atoms with Crippen LogP contribution in [0, 0.1) is 0 Å². The van der Waals surface area contributed by atoms with Gasteiger partial charge in [0.05, 0.1) is 6.61 Å². The highest BCUT2D eigenvalue weighted by atomic mass is 35.5. The molecule has 0 aliphatic carbocycles. The lowest BCUT2D eigenvalue weighted by Gasteiger charge is -2.24. The number of ether oxygens (including phenoxy) is 1. The topological polar surface area (TPSA) is 113 Å². The number of carboxylic acids is 1. The second kappa shape index (κ2) is 11.3. The fraction of sp³-hybridized carbons (Fsp3) is 0.533. The van der Waals surface area contributed by atoms with Gasteiger partial charge in [-0.2, -0.15) is 0 Å². The van der Waals surface area contributed by atoms with Crippen LogP contribution in [0.3, 0.4) is 0 Å². The second-order valence-electron chi connectivity index (χ2n) is 5.45. The van der Waals surface area contributed by atoms with Crippen molar-refractivity contribution in [3.05, 3.63) is 30.3 Å². The monoisotopic (exact) mass is 345 g/mol. The van der Waals surface area contributed by atoms with Gasteiger partial charge in [-0.1, -0.05) is 31.0 Å². The van der Waals surface area contributed by atoms with Crippen molar-refractivity contribution in [2.24, 2.45) is 5.73 Å². The van der Waals surface area contributed by atoms with Crippen LogP contribution in [0.4, 0.5) is 0 Å². The van der Waals surface area contributed by atoms with E-state index in [1.165, 1.54) is 0 Å². The summed E-state index contributed by atoms with van der Waals surface area (Å²) in [6.45, 7) is 0.408. The van der Waals surface area contributed by atoms with Crippen molar-refractivity contribution in [2.75, 3.05) is 6.61 Å². The lowest BCUT2D eigenvalue weighted by Crippen LogP contribution is -2.48. The van der Waals surface area contributed by atoms with Crippen molar-refractivity contribution < 1.29 is 24.7 Å². The van der Waals surface area contributed by atoms with Gasteiger partial charge in [0, 0.05) is 0 Å². The van der Waals surface area contributed by atoms with Gasteiger partial charge in [-0.15, -0.1) is 12.4 Å².